The Hall–Kier alpha value is -1.33. The van der Waals surface area contributed by atoms with E-state index in [0.717, 1.165) is 10.6 Å². The fraction of sp³-hybridized carbons (Fsp3) is 0.333. The summed E-state index contributed by atoms with van der Waals surface area (Å²) < 4.78 is 0. The lowest BCUT2D eigenvalue weighted by molar-refractivity contribution is -0.124. The summed E-state index contributed by atoms with van der Waals surface area (Å²) in [4.78, 5) is 11.5. The van der Waals surface area contributed by atoms with Crippen molar-refractivity contribution in [1.29, 1.82) is 5.41 Å². The van der Waals surface area contributed by atoms with E-state index in [0.29, 0.717) is 5.92 Å². The van der Waals surface area contributed by atoms with Gasteiger partial charge in [0.1, 0.15) is 5.37 Å². The lowest BCUT2D eigenvalue weighted by atomic mass is 9.97. The van der Waals surface area contributed by atoms with Crippen molar-refractivity contribution in [3.63, 3.8) is 0 Å². The van der Waals surface area contributed by atoms with E-state index in [1.165, 1.54) is 17.3 Å². The highest BCUT2D eigenvalue weighted by molar-refractivity contribution is 8.16. The van der Waals surface area contributed by atoms with Crippen LogP contribution in [0.4, 0.5) is 0 Å². The Balaban J connectivity index is 2.42. The number of thioether (sulfide) groups is 1. The molecule has 0 bridgehead atoms. The minimum absolute atomic E-state index is 0.0102. The van der Waals surface area contributed by atoms with Crippen molar-refractivity contribution in [2.45, 2.75) is 25.1 Å². The quantitative estimate of drug-likeness (QED) is 0.623. The minimum atomic E-state index is -0.404. The molecule has 1 aromatic carbocycles. The summed E-state index contributed by atoms with van der Waals surface area (Å²) in [6.07, 6.45) is 0. The molecule has 2 rings (SSSR count). The maximum absolute atomic E-state index is 11.5. The molecule has 3 N–H and O–H groups in total. The molecule has 0 aliphatic carbocycles. The van der Waals surface area contributed by atoms with Crippen LogP contribution in [0.25, 0.3) is 0 Å². The van der Waals surface area contributed by atoms with Gasteiger partial charge in [0.15, 0.2) is 5.04 Å². The van der Waals surface area contributed by atoms with Crippen LogP contribution in [0.5, 0.6) is 0 Å². The van der Waals surface area contributed by atoms with Crippen LogP contribution in [0.2, 0.25) is 0 Å². The van der Waals surface area contributed by atoms with Crippen molar-refractivity contribution in [3.05, 3.63) is 35.4 Å². The molecule has 1 atom stereocenters. The van der Waals surface area contributed by atoms with Crippen LogP contribution >= 0.6 is 11.8 Å². The predicted molar refractivity (Wildman–Crippen MR) is 69.6 cm³/mol. The van der Waals surface area contributed by atoms with Gasteiger partial charge in [-0.25, -0.2) is 5.84 Å². The maximum Gasteiger partial charge on any atom is 0.293 e. The summed E-state index contributed by atoms with van der Waals surface area (Å²) in [6.45, 7) is 4.21. The van der Waals surface area contributed by atoms with E-state index >= 15 is 0 Å². The van der Waals surface area contributed by atoms with E-state index in [-0.39, 0.29) is 10.4 Å². The van der Waals surface area contributed by atoms with Crippen molar-refractivity contribution in [3.8, 4) is 0 Å². The maximum atomic E-state index is 11.5. The lowest BCUT2D eigenvalue weighted by Crippen LogP contribution is -2.36. The van der Waals surface area contributed by atoms with Gasteiger partial charge in [-0.15, -0.1) is 0 Å². The Morgan fingerprint density at radius 2 is 2.06 bits per heavy atom. The topological polar surface area (TPSA) is 70.2 Å². The van der Waals surface area contributed by atoms with Gasteiger partial charge in [0.2, 0.25) is 0 Å². The van der Waals surface area contributed by atoms with Crippen molar-refractivity contribution in [1.82, 2.24) is 5.01 Å². The number of carbonyl (C=O) groups excluding carboxylic acids is 1. The molecular weight excluding hydrogens is 234 g/mol. The molecule has 0 spiro atoms. The van der Waals surface area contributed by atoms with Gasteiger partial charge in [-0.05, 0) is 17.0 Å². The molecule has 0 aromatic heterocycles. The van der Waals surface area contributed by atoms with Crippen LogP contribution in [-0.4, -0.2) is 16.0 Å². The van der Waals surface area contributed by atoms with Gasteiger partial charge in [0.25, 0.3) is 5.91 Å². The van der Waals surface area contributed by atoms with Gasteiger partial charge < -0.3 is 0 Å². The number of amides is 1. The summed E-state index contributed by atoms with van der Waals surface area (Å²) in [5, 5.41) is 8.42. The van der Waals surface area contributed by atoms with Crippen LogP contribution < -0.4 is 5.84 Å². The Morgan fingerprint density at radius 1 is 1.41 bits per heavy atom. The van der Waals surface area contributed by atoms with Crippen molar-refractivity contribution in [2.75, 3.05) is 0 Å². The first-order valence-electron chi connectivity index (χ1n) is 5.44. The first-order chi connectivity index (χ1) is 8.02. The van der Waals surface area contributed by atoms with Gasteiger partial charge in [0, 0.05) is 0 Å². The van der Waals surface area contributed by atoms with Crippen LogP contribution in [0.3, 0.4) is 0 Å². The number of rotatable bonds is 2. The number of hydrogen-bond donors (Lipinski definition) is 2. The molecule has 1 fully saturated rings. The summed E-state index contributed by atoms with van der Waals surface area (Å²) in [7, 11) is 0. The van der Waals surface area contributed by atoms with Crippen molar-refractivity contribution in [2.24, 2.45) is 5.84 Å². The highest BCUT2D eigenvalue weighted by Gasteiger charge is 2.36. The second-order valence-corrected chi connectivity index (χ2v) is 5.39. The second kappa shape index (κ2) is 4.50. The smallest absolute Gasteiger partial charge is 0.289 e. The Labute approximate surface area is 105 Å². The molecule has 1 amide bonds. The number of hydrazine groups is 1. The van der Waals surface area contributed by atoms with E-state index in [2.05, 4.69) is 13.8 Å². The van der Waals surface area contributed by atoms with Crippen LogP contribution in [0.15, 0.2) is 24.3 Å². The lowest BCUT2D eigenvalue weighted by Gasteiger charge is -2.22. The van der Waals surface area contributed by atoms with Crippen molar-refractivity contribution >= 4 is 22.7 Å². The molecule has 1 unspecified atom stereocenters. The Kier molecular flexibility index (Phi) is 3.22. The number of nitrogens with two attached hydrogens (primary N) is 1. The summed E-state index contributed by atoms with van der Waals surface area (Å²) in [5.41, 5.74) is 2.19. The molecule has 1 aliphatic heterocycles. The third-order valence-corrected chi connectivity index (χ3v) is 3.91. The van der Waals surface area contributed by atoms with Crippen molar-refractivity contribution < 1.29 is 4.79 Å². The molecule has 90 valence electrons. The van der Waals surface area contributed by atoms with Crippen LogP contribution in [0.1, 0.15) is 36.3 Å². The predicted octanol–water partition coefficient (Wildman–Crippen LogP) is 2.23. The van der Waals surface area contributed by atoms with Gasteiger partial charge >= 0.3 is 0 Å². The Bertz CT molecular complexity index is 473. The highest BCUT2D eigenvalue weighted by atomic mass is 32.2. The molecule has 0 saturated carbocycles. The first-order valence-corrected chi connectivity index (χ1v) is 6.32. The largest absolute Gasteiger partial charge is 0.293 e. The normalized spacial score (nSPS) is 20.5. The molecule has 1 saturated heterocycles. The fourth-order valence-electron chi connectivity index (χ4n) is 1.92. The zero-order chi connectivity index (χ0) is 12.6. The molecule has 5 heteroatoms. The number of carbonyl (C=O) groups is 1. The van der Waals surface area contributed by atoms with Gasteiger partial charge in [0.05, 0.1) is 0 Å². The third kappa shape index (κ3) is 2.08. The van der Waals surface area contributed by atoms with E-state index < -0.39 is 5.91 Å². The number of nitrogens with one attached hydrogen (secondary N) is 1. The van der Waals surface area contributed by atoms with E-state index in [1.54, 1.807) is 0 Å². The monoisotopic (exact) mass is 249 g/mol. The Morgan fingerprint density at radius 3 is 2.59 bits per heavy atom. The van der Waals surface area contributed by atoms with E-state index in [4.69, 9.17) is 11.3 Å². The molecule has 17 heavy (non-hydrogen) atoms. The molecule has 4 nitrogen and oxygen atoms in total. The average molecular weight is 249 g/mol. The number of nitrogens with zero attached hydrogens (tertiary/aromatic N) is 1. The minimum Gasteiger partial charge on any atom is -0.289 e. The molecule has 1 heterocycles. The standard InChI is InChI=1S/C12H15N3OS/c1-7(2)8-5-3-4-6-9(8)12-15(14)11(16)10(13)17-12/h3-7,12-13H,14H2,1-2H3. The SMILES string of the molecule is CC(C)c1ccccc1C1SC(=N)C(=O)N1N. The van der Waals surface area contributed by atoms with Gasteiger partial charge in [-0.2, -0.15) is 0 Å². The van der Waals surface area contributed by atoms with Gasteiger partial charge in [-0.3, -0.25) is 15.2 Å². The average Bonchev–Trinajstić information content (AvgIpc) is 2.57. The van der Waals surface area contributed by atoms with Crippen LogP contribution in [-0.2, 0) is 4.79 Å². The zero-order valence-corrected chi connectivity index (χ0v) is 10.6. The first kappa shape index (κ1) is 12.1. The summed E-state index contributed by atoms with van der Waals surface area (Å²) >= 11 is 1.20. The number of benzene rings is 1. The van der Waals surface area contributed by atoms with E-state index in [9.17, 15) is 4.79 Å². The number of hydrogen-bond acceptors (Lipinski definition) is 4. The van der Waals surface area contributed by atoms with Crippen LogP contribution in [0, 0.1) is 5.41 Å². The third-order valence-electron chi connectivity index (χ3n) is 2.79. The summed E-state index contributed by atoms with van der Waals surface area (Å²) in [5.74, 6) is 5.70. The molecule has 1 aliphatic rings. The van der Waals surface area contributed by atoms with E-state index in [1.807, 2.05) is 24.3 Å². The molecule has 1 aromatic rings. The fourth-order valence-corrected chi connectivity index (χ4v) is 2.90. The second-order valence-electron chi connectivity index (χ2n) is 4.30. The molecular formula is C12H15N3OS. The highest BCUT2D eigenvalue weighted by Crippen LogP contribution is 2.40. The van der Waals surface area contributed by atoms with Gasteiger partial charge in [-0.1, -0.05) is 49.9 Å². The summed E-state index contributed by atoms with van der Waals surface area (Å²) in [6, 6.07) is 7.92. The zero-order valence-electron chi connectivity index (χ0n) is 9.81. The molecule has 0 radical (unpaired) electrons.